The van der Waals surface area contributed by atoms with E-state index in [2.05, 4.69) is 10.3 Å². The summed E-state index contributed by atoms with van der Waals surface area (Å²) in [7, 11) is 1.45. The van der Waals surface area contributed by atoms with Crippen LogP contribution in [0.2, 0.25) is 0 Å². The Kier molecular flexibility index (Phi) is 4.41. The van der Waals surface area contributed by atoms with Gasteiger partial charge < -0.3 is 20.3 Å². The zero-order valence-electron chi connectivity index (χ0n) is 9.08. The summed E-state index contributed by atoms with van der Waals surface area (Å²) >= 11 is 0. The number of aliphatic carboxylic acids is 1. The Labute approximate surface area is 97.1 Å². The lowest BCUT2D eigenvalue weighted by atomic mass is 10.2. The lowest BCUT2D eigenvalue weighted by molar-refractivity contribution is -0.146. The van der Waals surface area contributed by atoms with E-state index < -0.39 is 18.0 Å². The molecule has 1 heterocycles. The highest BCUT2D eigenvalue weighted by atomic mass is 16.5. The van der Waals surface area contributed by atoms with Gasteiger partial charge in [-0.2, -0.15) is 0 Å². The van der Waals surface area contributed by atoms with Gasteiger partial charge in [0.15, 0.2) is 6.10 Å². The molecule has 3 N–H and O–H groups in total. The third kappa shape index (κ3) is 3.72. The first-order valence-electron chi connectivity index (χ1n) is 4.73. The first-order chi connectivity index (χ1) is 8.04. The van der Waals surface area contributed by atoms with Gasteiger partial charge in [0.1, 0.15) is 0 Å². The number of hydrogen-bond donors (Lipinski definition) is 3. The summed E-state index contributed by atoms with van der Waals surface area (Å²) in [5.74, 6) is -1.54. The standard InChI is InChI=1S/C10H12N2O5/c1-17-8-3-2-6(4-11-8)9(14)12-5-7(13)10(15)16/h2-4,7,13H,5H2,1H3,(H,12,14)(H,15,16)/t7-/m0/s1. The van der Waals surface area contributed by atoms with Crippen LogP contribution in [0.5, 0.6) is 5.88 Å². The zero-order valence-corrected chi connectivity index (χ0v) is 9.08. The molecule has 0 aromatic carbocycles. The van der Waals surface area contributed by atoms with Crippen molar-refractivity contribution in [1.82, 2.24) is 10.3 Å². The summed E-state index contributed by atoms with van der Waals surface area (Å²) in [6.07, 6.45) is -0.327. The normalized spacial score (nSPS) is 11.6. The number of carbonyl (C=O) groups is 2. The second-order valence-electron chi connectivity index (χ2n) is 3.15. The van der Waals surface area contributed by atoms with Crippen molar-refractivity contribution in [2.24, 2.45) is 0 Å². The van der Waals surface area contributed by atoms with E-state index in [0.717, 1.165) is 0 Å². The molecule has 0 bridgehead atoms. The van der Waals surface area contributed by atoms with Gasteiger partial charge in [0, 0.05) is 12.3 Å². The van der Waals surface area contributed by atoms with Crippen LogP contribution in [0.25, 0.3) is 0 Å². The van der Waals surface area contributed by atoms with Crippen molar-refractivity contribution in [1.29, 1.82) is 0 Å². The van der Waals surface area contributed by atoms with Gasteiger partial charge in [0.05, 0.1) is 19.2 Å². The molecule has 1 aromatic rings. The van der Waals surface area contributed by atoms with E-state index in [1.165, 1.54) is 25.4 Å². The topological polar surface area (TPSA) is 109 Å². The van der Waals surface area contributed by atoms with Crippen LogP contribution >= 0.6 is 0 Å². The van der Waals surface area contributed by atoms with Crippen molar-refractivity contribution in [3.63, 3.8) is 0 Å². The van der Waals surface area contributed by atoms with E-state index in [0.29, 0.717) is 5.88 Å². The third-order valence-corrected chi connectivity index (χ3v) is 1.95. The first kappa shape index (κ1) is 12.9. The second kappa shape index (κ2) is 5.80. The molecule has 0 aliphatic heterocycles. The van der Waals surface area contributed by atoms with Gasteiger partial charge in [-0.15, -0.1) is 0 Å². The molecule has 0 fully saturated rings. The second-order valence-corrected chi connectivity index (χ2v) is 3.15. The van der Waals surface area contributed by atoms with E-state index in [4.69, 9.17) is 14.9 Å². The minimum absolute atomic E-state index is 0.253. The number of carbonyl (C=O) groups excluding carboxylic acids is 1. The first-order valence-corrected chi connectivity index (χ1v) is 4.73. The lowest BCUT2D eigenvalue weighted by Crippen LogP contribution is -2.36. The Balaban J connectivity index is 2.55. The summed E-state index contributed by atoms with van der Waals surface area (Å²) in [4.78, 5) is 25.6. The summed E-state index contributed by atoms with van der Waals surface area (Å²) in [6.45, 7) is -0.361. The number of nitrogens with one attached hydrogen (secondary N) is 1. The number of rotatable bonds is 5. The summed E-state index contributed by atoms with van der Waals surface area (Å²) in [6, 6.07) is 2.98. The molecule has 7 heteroatoms. The minimum Gasteiger partial charge on any atom is -0.481 e. The summed E-state index contributed by atoms with van der Waals surface area (Å²) < 4.78 is 4.82. The monoisotopic (exact) mass is 240 g/mol. The van der Waals surface area contributed by atoms with E-state index in [9.17, 15) is 9.59 Å². The van der Waals surface area contributed by atoms with Crippen molar-refractivity contribution in [3.8, 4) is 5.88 Å². The number of aliphatic hydroxyl groups is 1. The number of aliphatic hydroxyl groups excluding tert-OH is 1. The molecule has 0 spiro atoms. The number of ether oxygens (including phenoxy) is 1. The van der Waals surface area contributed by atoms with Crippen molar-refractivity contribution in [3.05, 3.63) is 23.9 Å². The van der Waals surface area contributed by atoms with Crippen LogP contribution < -0.4 is 10.1 Å². The Morgan fingerprint density at radius 1 is 1.53 bits per heavy atom. The average Bonchev–Trinajstić information content (AvgIpc) is 2.35. The third-order valence-electron chi connectivity index (χ3n) is 1.95. The summed E-state index contributed by atoms with van der Waals surface area (Å²) in [5.41, 5.74) is 0.253. The maximum absolute atomic E-state index is 11.5. The highest BCUT2D eigenvalue weighted by molar-refractivity contribution is 5.94. The molecule has 0 aliphatic carbocycles. The number of carboxylic acids is 1. The Morgan fingerprint density at radius 2 is 2.24 bits per heavy atom. The van der Waals surface area contributed by atoms with Crippen LogP contribution in [-0.4, -0.2) is 46.8 Å². The van der Waals surface area contributed by atoms with E-state index in [1.54, 1.807) is 0 Å². The lowest BCUT2D eigenvalue weighted by Gasteiger charge is -2.07. The van der Waals surface area contributed by atoms with Crippen LogP contribution in [0.1, 0.15) is 10.4 Å². The number of hydrogen-bond acceptors (Lipinski definition) is 5. The van der Waals surface area contributed by atoms with Crippen LogP contribution in [0.3, 0.4) is 0 Å². The maximum atomic E-state index is 11.5. The van der Waals surface area contributed by atoms with E-state index >= 15 is 0 Å². The molecule has 0 radical (unpaired) electrons. The van der Waals surface area contributed by atoms with Gasteiger partial charge in [-0.3, -0.25) is 4.79 Å². The Morgan fingerprint density at radius 3 is 2.71 bits per heavy atom. The van der Waals surface area contributed by atoms with Gasteiger partial charge in [-0.05, 0) is 6.07 Å². The SMILES string of the molecule is COc1ccc(C(=O)NC[C@H](O)C(=O)O)cn1. The average molecular weight is 240 g/mol. The summed E-state index contributed by atoms with van der Waals surface area (Å²) in [5, 5.41) is 19.6. The number of aromatic nitrogens is 1. The number of carboxylic acid groups (broad SMARTS) is 1. The largest absolute Gasteiger partial charge is 0.481 e. The van der Waals surface area contributed by atoms with Gasteiger partial charge in [-0.25, -0.2) is 9.78 Å². The van der Waals surface area contributed by atoms with E-state index in [1.807, 2.05) is 0 Å². The van der Waals surface area contributed by atoms with Gasteiger partial charge in [0.25, 0.3) is 5.91 Å². The molecule has 0 aliphatic rings. The number of pyridine rings is 1. The van der Waals surface area contributed by atoms with Crippen molar-refractivity contribution in [2.75, 3.05) is 13.7 Å². The fraction of sp³-hybridized carbons (Fsp3) is 0.300. The van der Waals surface area contributed by atoms with E-state index in [-0.39, 0.29) is 12.1 Å². The number of nitrogens with zero attached hydrogens (tertiary/aromatic N) is 1. The van der Waals surface area contributed by atoms with Crippen LogP contribution in [0.15, 0.2) is 18.3 Å². The van der Waals surface area contributed by atoms with Crippen molar-refractivity contribution in [2.45, 2.75) is 6.10 Å². The molecular formula is C10H12N2O5. The highest BCUT2D eigenvalue weighted by Crippen LogP contribution is 2.06. The molecule has 1 aromatic heterocycles. The fourth-order valence-corrected chi connectivity index (χ4v) is 1.01. The molecular weight excluding hydrogens is 228 g/mol. The molecule has 0 saturated carbocycles. The number of amides is 1. The molecule has 1 amide bonds. The van der Waals surface area contributed by atoms with Crippen LogP contribution in [0.4, 0.5) is 0 Å². The molecule has 0 saturated heterocycles. The smallest absolute Gasteiger partial charge is 0.334 e. The van der Waals surface area contributed by atoms with Crippen LogP contribution in [0, 0.1) is 0 Å². The number of methoxy groups -OCH3 is 1. The molecule has 0 unspecified atom stereocenters. The zero-order chi connectivity index (χ0) is 12.8. The highest BCUT2D eigenvalue weighted by Gasteiger charge is 2.14. The van der Waals surface area contributed by atoms with Gasteiger partial charge >= 0.3 is 5.97 Å². The van der Waals surface area contributed by atoms with Crippen molar-refractivity contribution < 1.29 is 24.5 Å². The molecule has 7 nitrogen and oxygen atoms in total. The predicted octanol–water partition coefficient (Wildman–Crippen LogP) is -0.735. The fourth-order valence-electron chi connectivity index (χ4n) is 1.01. The van der Waals surface area contributed by atoms with Gasteiger partial charge in [-0.1, -0.05) is 0 Å². The molecule has 17 heavy (non-hydrogen) atoms. The van der Waals surface area contributed by atoms with Gasteiger partial charge in [0.2, 0.25) is 5.88 Å². The van der Waals surface area contributed by atoms with Crippen LogP contribution in [-0.2, 0) is 4.79 Å². The maximum Gasteiger partial charge on any atom is 0.334 e. The van der Waals surface area contributed by atoms with Crippen molar-refractivity contribution >= 4 is 11.9 Å². The Bertz CT molecular complexity index is 404. The quantitative estimate of drug-likeness (QED) is 0.625. The Hall–Kier alpha value is -2.15. The predicted molar refractivity (Wildman–Crippen MR) is 56.8 cm³/mol. The minimum atomic E-state index is -1.62. The molecule has 1 atom stereocenters. The molecule has 92 valence electrons. The molecule has 1 rings (SSSR count).